The summed E-state index contributed by atoms with van der Waals surface area (Å²) >= 11 is 14.7. The predicted molar refractivity (Wildman–Crippen MR) is 90.1 cm³/mol. The molecule has 0 aliphatic heterocycles. The van der Waals surface area contributed by atoms with Crippen molar-refractivity contribution in [2.45, 2.75) is 6.92 Å². The van der Waals surface area contributed by atoms with Gasteiger partial charge in [-0.05, 0) is 61.1 Å². The Morgan fingerprint density at radius 2 is 1.80 bits per heavy atom. The molecule has 0 radical (unpaired) electrons. The van der Waals surface area contributed by atoms with Gasteiger partial charge >= 0.3 is 0 Å². The van der Waals surface area contributed by atoms with Crippen molar-refractivity contribution in [1.82, 2.24) is 0 Å². The molecule has 0 aliphatic rings. The van der Waals surface area contributed by atoms with Crippen molar-refractivity contribution in [3.8, 4) is 0 Å². The molecular formula is C14H11BrClFN2S. The Balaban J connectivity index is 2.09. The molecule has 6 heteroatoms. The second-order valence-corrected chi connectivity index (χ2v) is 5.89. The standard InChI is InChI=1S/C14H11BrClFN2S/c1-8-6-10(17)3-5-12(8)18-14(20)19-13-4-2-9(15)7-11(13)16/h2-7H,1H3,(H2,18,19,20). The first-order valence-corrected chi connectivity index (χ1v) is 7.33. The van der Waals surface area contributed by atoms with E-state index >= 15 is 0 Å². The lowest BCUT2D eigenvalue weighted by Gasteiger charge is -2.13. The number of aryl methyl sites for hydroxylation is 1. The number of rotatable bonds is 2. The van der Waals surface area contributed by atoms with Gasteiger partial charge in [0.25, 0.3) is 0 Å². The van der Waals surface area contributed by atoms with Crippen LogP contribution in [0.1, 0.15) is 5.56 Å². The van der Waals surface area contributed by atoms with Gasteiger partial charge in [0.1, 0.15) is 5.82 Å². The van der Waals surface area contributed by atoms with Crippen LogP contribution < -0.4 is 10.6 Å². The molecule has 0 aromatic heterocycles. The molecular weight excluding hydrogens is 363 g/mol. The van der Waals surface area contributed by atoms with Crippen LogP contribution >= 0.6 is 39.7 Å². The van der Waals surface area contributed by atoms with Gasteiger partial charge in [0.2, 0.25) is 0 Å². The van der Waals surface area contributed by atoms with E-state index in [1.54, 1.807) is 19.1 Å². The third-order valence-electron chi connectivity index (χ3n) is 2.62. The average Bonchev–Trinajstić information content (AvgIpc) is 2.36. The van der Waals surface area contributed by atoms with Crippen molar-refractivity contribution in [2.24, 2.45) is 0 Å². The minimum Gasteiger partial charge on any atom is -0.332 e. The largest absolute Gasteiger partial charge is 0.332 e. The summed E-state index contributed by atoms with van der Waals surface area (Å²) in [5, 5.41) is 6.96. The average molecular weight is 374 g/mol. The molecule has 0 saturated carbocycles. The van der Waals surface area contributed by atoms with Crippen molar-refractivity contribution in [2.75, 3.05) is 10.6 Å². The highest BCUT2D eigenvalue weighted by Crippen LogP contribution is 2.26. The molecule has 2 nitrogen and oxygen atoms in total. The molecule has 2 rings (SSSR count). The van der Waals surface area contributed by atoms with Crippen LogP contribution in [-0.4, -0.2) is 5.11 Å². The first kappa shape index (κ1) is 15.2. The fraction of sp³-hybridized carbons (Fsp3) is 0.0714. The van der Waals surface area contributed by atoms with E-state index < -0.39 is 0 Å². The summed E-state index contributed by atoms with van der Waals surface area (Å²) in [6.45, 7) is 1.81. The van der Waals surface area contributed by atoms with E-state index in [1.807, 2.05) is 12.1 Å². The van der Waals surface area contributed by atoms with Gasteiger partial charge in [-0.25, -0.2) is 4.39 Å². The minimum atomic E-state index is -0.275. The third-order valence-corrected chi connectivity index (χ3v) is 3.63. The molecule has 0 atom stereocenters. The number of anilines is 2. The topological polar surface area (TPSA) is 24.1 Å². The molecule has 0 unspecified atom stereocenters. The zero-order valence-electron chi connectivity index (χ0n) is 10.5. The SMILES string of the molecule is Cc1cc(F)ccc1NC(=S)Nc1ccc(Br)cc1Cl. The van der Waals surface area contributed by atoms with Gasteiger partial charge in [0.15, 0.2) is 5.11 Å². The van der Waals surface area contributed by atoms with E-state index in [-0.39, 0.29) is 5.82 Å². The number of hydrogen-bond donors (Lipinski definition) is 2. The van der Waals surface area contributed by atoms with E-state index in [1.165, 1.54) is 12.1 Å². The molecule has 0 bridgehead atoms. The predicted octanol–water partition coefficient (Wildman–Crippen LogP) is 5.36. The maximum atomic E-state index is 13.0. The first-order chi connectivity index (χ1) is 9.45. The summed E-state index contributed by atoms with van der Waals surface area (Å²) in [5.41, 5.74) is 2.22. The fourth-order valence-corrected chi connectivity index (χ4v) is 2.57. The quantitative estimate of drug-likeness (QED) is 0.693. The lowest BCUT2D eigenvalue weighted by Crippen LogP contribution is -2.19. The second kappa shape index (κ2) is 6.52. The molecule has 104 valence electrons. The Morgan fingerprint density at radius 3 is 2.45 bits per heavy atom. The zero-order valence-corrected chi connectivity index (χ0v) is 13.7. The smallest absolute Gasteiger partial charge is 0.175 e. The maximum Gasteiger partial charge on any atom is 0.175 e. The normalized spacial score (nSPS) is 10.2. The Labute approximate surface area is 135 Å². The summed E-state index contributed by atoms with van der Waals surface area (Å²) in [5.74, 6) is -0.275. The summed E-state index contributed by atoms with van der Waals surface area (Å²) in [7, 11) is 0. The highest BCUT2D eigenvalue weighted by atomic mass is 79.9. The molecule has 0 heterocycles. The van der Waals surface area contributed by atoms with E-state index in [0.29, 0.717) is 15.8 Å². The number of nitrogens with one attached hydrogen (secondary N) is 2. The van der Waals surface area contributed by atoms with Gasteiger partial charge in [0.05, 0.1) is 10.7 Å². The van der Waals surface area contributed by atoms with Crippen molar-refractivity contribution in [3.63, 3.8) is 0 Å². The molecule has 0 fully saturated rings. The van der Waals surface area contributed by atoms with E-state index in [2.05, 4.69) is 26.6 Å². The van der Waals surface area contributed by atoms with E-state index in [9.17, 15) is 4.39 Å². The Kier molecular flexibility index (Phi) is 4.96. The maximum absolute atomic E-state index is 13.0. The van der Waals surface area contributed by atoms with Crippen LogP contribution in [0.5, 0.6) is 0 Å². The van der Waals surface area contributed by atoms with E-state index in [0.717, 1.165) is 15.7 Å². The third kappa shape index (κ3) is 3.91. The van der Waals surface area contributed by atoms with Gasteiger partial charge < -0.3 is 10.6 Å². The Bertz CT molecular complexity index is 608. The summed E-state index contributed by atoms with van der Waals surface area (Å²) in [6.07, 6.45) is 0. The van der Waals surface area contributed by atoms with Gasteiger partial charge in [-0.3, -0.25) is 0 Å². The highest BCUT2D eigenvalue weighted by Gasteiger charge is 2.05. The summed E-state index contributed by atoms with van der Waals surface area (Å²) < 4.78 is 13.9. The van der Waals surface area contributed by atoms with Crippen molar-refractivity contribution >= 4 is 56.2 Å². The van der Waals surface area contributed by atoms with Gasteiger partial charge in [-0.1, -0.05) is 27.5 Å². The van der Waals surface area contributed by atoms with Crippen LogP contribution in [0, 0.1) is 12.7 Å². The zero-order chi connectivity index (χ0) is 14.7. The van der Waals surface area contributed by atoms with Crippen LogP contribution in [0.3, 0.4) is 0 Å². The van der Waals surface area contributed by atoms with Crippen molar-refractivity contribution < 1.29 is 4.39 Å². The van der Waals surface area contributed by atoms with Crippen molar-refractivity contribution in [3.05, 3.63) is 57.3 Å². The van der Waals surface area contributed by atoms with Gasteiger partial charge in [-0.2, -0.15) is 0 Å². The number of hydrogen-bond acceptors (Lipinski definition) is 1. The van der Waals surface area contributed by atoms with Crippen molar-refractivity contribution in [1.29, 1.82) is 0 Å². The summed E-state index contributed by atoms with van der Waals surface area (Å²) in [6, 6.07) is 9.91. The van der Waals surface area contributed by atoms with Crippen LogP contribution in [0.4, 0.5) is 15.8 Å². The fourth-order valence-electron chi connectivity index (χ4n) is 1.63. The van der Waals surface area contributed by atoms with Crippen LogP contribution in [0.25, 0.3) is 0 Å². The molecule has 0 saturated heterocycles. The first-order valence-electron chi connectivity index (χ1n) is 5.75. The van der Waals surface area contributed by atoms with Gasteiger partial charge in [-0.15, -0.1) is 0 Å². The van der Waals surface area contributed by atoms with E-state index in [4.69, 9.17) is 23.8 Å². The monoisotopic (exact) mass is 372 g/mol. The lowest BCUT2D eigenvalue weighted by atomic mass is 10.2. The van der Waals surface area contributed by atoms with Crippen LogP contribution in [-0.2, 0) is 0 Å². The van der Waals surface area contributed by atoms with Gasteiger partial charge in [0, 0.05) is 10.2 Å². The number of benzene rings is 2. The Morgan fingerprint density at radius 1 is 1.15 bits per heavy atom. The molecule has 0 aliphatic carbocycles. The number of halogens is 3. The minimum absolute atomic E-state index is 0.275. The lowest BCUT2D eigenvalue weighted by molar-refractivity contribution is 0.627. The molecule has 2 N–H and O–H groups in total. The molecule has 0 amide bonds. The Hall–Kier alpha value is -1.17. The molecule has 20 heavy (non-hydrogen) atoms. The summed E-state index contributed by atoms with van der Waals surface area (Å²) in [4.78, 5) is 0. The van der Waals surface area contributed by atoms with Crippen LogP contribution in [0.2, 0.25) is 5.02 Å². The number of thiocarbonyl (C=S) groups is 1. The molecule has 2 aromatic rings. The highest BCUT2D eigenvalue weighted by molar-refractivity contribution is 9.10. The molecule has 2 aromatic carbocycles. The van der Waals surface area contributed by atoms with Crippen LogP contribution in [0.15, 0.2) is 40.9 Å². The second-order valence-electron chi connectivity index (χ2n) is 4.16. The molecule has 0 spiro atoms.